The SMILES string of the molecule is CC1CCN(CCCNC(=O)C2CC2c2ccc(Br)cc2)CC1. The molecule has 0 aromatic heterocycles. The standard InChI is InChI=1S/C19H27BrN2O/c1-14-7-11-22(12-8-14)10-2-9-21-19(23)18-13-17(18)15-3-5-16(20)6-4-15/h3-6,14,17-18H,2,7-13H2,1H3,(H,21,23). The highest BCUT2D eigenvalue weighted by atomic mass is 79.9. The van der Waals surface area contributed by atoms with E-state index in [1.54, 1.807) is 0 Å². The highest BCUT2D eigenvalue weighted by Crippen LogP contribution is 2.47. The van der Waals surface area contributed by atoms with Gasteiger partial charge in [0.2, 0.25) is 5.91 Å². The molecule has 1 heterocycles. The maximum atomic E-state index is 12.2. The van der Waals surface area contributed by atoms with Gasteiger partial charge in [-0.1, -0.05) is 35.0 Å². The number of halogens is 1. The van der Waals surface area contributed by atoms with Crippen LogP contribution in [0.4, 0.5) is 0 Å². The van der Waals surface area contributed by atoms with Crippen LogP contribution in [0.25, 0.3) is 0 Å². The highest BCUT2D eigenvalue weighted by molar-refractivity contribution is 9.10. The molecule has 0 bridgehead atoms. The first kappa shape index (κ1) is 17.0. The minimum absolute atomic E-state index is 0.187. The van der Waals surface area contributed by atoms with Gasteiger partial charge in [0.05, 0.1) is 0 Å². The van der Waals surface area contributed by atoms with Gasteiger partial charge in [-0.15, -0.1) is 0 Å². The molecule has 1 saturated heterocycles. The van der Waals surface area contributed by atoms with E-state index in [1.165, 1.54) is 31.5 Å². The monoisotopic (exact) mass is 378 g/mol. The second-order valence-electron chi connectivity index (χ2n) is 7.17. The van der Waals surface area contributed by atoms with Crippen molar-refractivity contribution in [3.05, 3.63) is 34.3 Å². The first-order valence-corrected chi connectivity index (χ1v) is 9.68. The average Bonchev–Trinajstić information content (AvgIpc) is 3.34. The number of piperidine rings is 1. The molecule has 2 aliphatic rings. The van der Waals surface area contributed by atoms with Crippen molar-refractivity contribution in [1.82, 2.24) is 10.2 Å². The largest absolute Gasteiger partial charge is 0.356 e. The number of rotatable bonds is 6. The van der Waals surface area contributed by atoms with E-state index in [9.17, 15) is 4.79 Å². The number of nitrogens with one attached hydrogen (secondary N) is 1. The minimum Gasteiger partial charge on any atom is -0.356 e. The summed E-state index contributed by atoms with van der Waals surface area (Å²) in [5.41, 5.74) is 1.29. The van der Waals surface area contributed by atoms with E-state index in [1.807, 2.05) is 0 Å². The smallest absolute Gasteiger partial charge is 0.223 e. The van der Waals surface area contributed by atoms with Crippen LogP contribution in [0.2, 0.25) is 0 Å². The molecule has 2 fully saturated rings. The van der Waals surface area contributed by atoms with Gasteiger partial charge in [0.25, 0.3) is 0 Å². The number of likely N-dealkylation sites (tertiary alicyclic amines) is 1. The molecular formula is C19H27BrN2O. The van der Waals surface area contributed by atoms with Crippen molar-refractivity contribution >= 4 is 21.8 Å². The highest BCUT2D eigenvalue weighted by Gasteiger charge is 2.43. The molecule has 4 heteroatoms. The summed E-state index contributed by atoms with van der Waals surface area (Å²) in [6, 6.07) is 8.36. The predicted octanol–water partition coefficient (Wildman–Crippen LogP) is 3.79. The van der Waals surface area contributed by atoms with E-state index < -0.39 is 0 Å². The number of nitrogens with zero attached hydrogens (tertiary/aromatic N) is 1. The average molecular weight is 379 g/mol. The molecule has 1 amide bonds. The van der Waals surface area contributed by atoms with Crippen LogP contribution in [0.3, 0.4) is 0 Å². The van der Waals surface area contributed by atoms with Gasteiger partial charge in [0, 0.05) is 16.9 Å². The van der Waals surface area contributed by atoms with Crippen LogP contribution in [-0.2, 0) is 4.79 Å². The number of hydrogen-bond donors (Lipinski definition) is 1. The van der Waals surface area contributed by atoms with Crippen molar-refractivity contribution in [1.29, 1.82) is 0 Å². The summed E-state index contributed by atoms with van der Waals surface area (Å²) in [5.74, 6) is 1.74. The Balaban J connectivity index is 1.32. The van der Waals surface area contributed by atoms with Crippen LogP contribution < -0.4 is 5.32 Å². The van der Waals surface area contributed by atoms with E-state index in [0.717, 1.165) is 36.3 Å². The second kappa shape index (κ2) is 7.80. The second-order valence-corrected chi connectivity index (χ2v) is 8.08. The third-order valence-electron chi connectivity index (χ3n) is 5.25. The van der Waals surface area contributed by atoms with Gasteiger partial charge in [0.15, 0.2) is 0 Å². The number of benzene rings is 1. The van der Waals surface area contributed by atoms with Crippen LogP contribution in [-0.4, -0.2) is 37.0 Å². The Morgan fingerprint density at radius 3 is 2.65 bits per heavy atom. The number of amides is 1. The lowest BCUT2D eigenvalue weighted by Crippen LogP contribution is -2.35. The summed E-state index contributed by atoms with van der Waals surface area (Å²) < 4.78 is 1.09. The lowest BCUT2D eigenvalue weighted by molar-refractivity contribution is -0.122. The zero-order valence-electron chi connectivity index (χ0n) is 13.9. The maximum absolute atomic E-state index is 12.2. The van der Waals surface area contributed by atoms with E-state index in [-0.39, 0.29) is 11.8 Å². The van der Waals surface area contributed by atoms with Crippen LogP contribution >= 0.6 is 15.9 Å². The van der Waals surface area contributed by atoms with Gasteiger partial charge in [0.1, 0.15) is 0 Å². The van der Waals surface area contributed by atoms with Crippen molar-refractivity contribution in [2.75, 3.05) is 26.2 Å². The third-order valence-corrected chi connectivity index (χ3v) is 5.78. The maximum Gasteiger partial charge on any atom is 0.223 e. The molecule has 1 aromatic rings. The zero-order valence-corrected chi connectivity index (χ0v) is 15.5. The lowest BCUT2D eigenvalue weighted by Gasteiger charge is -2.30. The van der Waals surface area contributed by atoms with Crippen molar-refractivity contribution < 1.29 is 4.79 Å². The number of hydrogen-bond acceptors (Lipinski definition) is 2. The van der Waals surface area contributed by atoms with Gasteiger partial charge < -0.3 is 10.2 Å². The summed E-state index contributed by atoms with van der Waals surface area (Å²) in [5, 5.41) is 3.13. The molecule has 2 atom stereocenters. The van der Waals surface area contributed by atoms with Gasteiger partial charge in [-0.3, -0.25) is 4.79 Å². The summed E-state index contributed by atoms with van der Waals surface area (Å²) in [6.07, 6.45) is 4.71. The third kappa shape index (κ3) is 4.80. The van der Waals surface area contributed by atoms with Gasteiger partial charge in [-0.05, 0) is 74.8 Å². The molecule has 3 nitrogen and oxygen atoms in total. The van der Waals surface area contributed by atoms with Crippen LogP contribution in [0.1, 0.15) is 44.1 Å². The molecule has 23 heavy (non-hydrogen) atoms. The molecule has 1 saturated carbocycles. The lowest BCUT2D eigenvalue weighted by atomic mass is 9.99. The van der Waals surface area contributed by atoms with E-state index in [0.29, 0.717) is 5.92 Å². The van der Waals surface area contributed by atoms with Crippen LogP contribution in [0.15, 0.2) is 28.7 Å². The minimum atomic E-state index is 0.187. The van der Waals surface area contributed by atoms with Crippen molar-refractivity contribution in [3.8, 4) is 0 Å². The molecule has 0 radical (unpaired) electrons. The summed E-state index contributed by atoms with van der Waals surface area (Å²) in [7, 11) is 0. The Morgan fingerprint density at radius 1 is 1.26 bits per heavy atom. The Bertz CT molecular complexity index is 523. The molecule has 1 N–H and O–H groups in total. The molecular weight excluding hydrogens is 352 g/mol. The molecule has 1 aromatic carbocycles. The topological polar surface area (TPSA) is 32.3 Å². The summed E-state index contributed by atoms with van der Waals surface area (Å²) >= 11 is 3.45. The van der Waals surface area contributed by atoms with Crippen molar-refractivity contribution in [3.63, 3.8) is 0 Å². The number of carbonyl (C=O) groups is 1. The van der Waals surface area contributed by atoms with Gasteiger partial charge in [-0.2, -0.15) is 0 Å². The van der Waals surface area contributed by atoms with E-state index in [4.69, 9.17) is 0 Å². The van der Waals surface area contributed by atoms with E-state index >= 15 is 0 Å². The molecule has 3 rings (SSSR count). The van der Waals surface area contributed by atoms with E-state index in [2.05, 4.69) is 57.3 Å². The van der Waals surface area contributed by atoms with Crippen molar-refractivity contribution in [2.45, 2.75) is 38.5 Å². The number of carbonyl (C=O) groups excluding carboxylic acids is 1. The fraction of sp³-hybridized carbons (Fsp3) is 0.632. The quantitative estimate of drug-likeness (QED) is 0.763. The molecule has 1 aliphatic carbocycles. The van der Waals surface area contributed by atoms with Gasteiger partial charge in [-0.25, -0.2) is 0 Å². The van der Waals surface area contributed by atoms with Gasteiger partial charge >= 0.3 is 0 Å². The Hall–Kier alpha value is -0.870. The van der Waals surface area contributed by atoms with Crippen LogP contribution in [0.5, 0.6) is 0 Å². The van der Waals surface area contributed by atoms with Crippen molar-refractivity contribution in [2.24, 2.45) is 11.8 Å². The Labute approximate surface area is 148 Å². The fourth-order valence-electron chi connectivity index (χ4n) is 3.49. The fourth-order valence-corrected chi connectivity index (χ4v) is 3.76. The normalized spacial score (nSPS) is 25.3. The Kier molecular flexibility index (Phi) is 5.76. The molecule has 0 spiro atoms. The Morgan fingerprint density at radius 2 is 1.96 bits per heavy atom. The molecule has 2 unspecified atom stereocenters. The first-order chi connectivity index (χ1) is 11.1. The molecule has 1 aliphatic heterocycles. The summed E-state index contributed by atoms with van der Waals surface area (Å²) in [6.45, 7) is 6.73. The first-order valence-electron chi connectivity index (χ1n) is 8.89. The summed E-state index contributed by atoms with van der Waals surface area (Å²) in [4.78, 5) is 14.8. The predicted molar refractivity (Wildman–Crippen MR) is 97.5 cm³/mol. The zero-order chi connectivity index (χ0) is 16.2. The molecule has 126 valence electrons. The van der Waals surface area contributed by atoms with Crippen LogP contribution in [0, 0.1) is 11.8 Å².